The first-order chi connectivity index (χ1) is 15.5. The van der Waals surface area contributed by atoms with Crippen LogP contribution in [0.4, 0.5) is 0 Å². The molecule has 0 unspecified atom stereocenters. The Morgan fingerprint density at radius 2 is 1.88 bits per heavy atom. The average molecular weight is 463 g/mol. The largest absolute Gasteiger partial charge is 0.345 e. The minimum Gasteiger partial charge on any atom is -0.345 e. The zero-order valence-electron chi connectivity index (χ0n) is 16.7. The molecule has 32 heavy (non-hydrogen) atoms. The lowest BCUT2D eigenvalue weighted by Gasteiger charge is -2.07. The predicted octanol–water partition coefficient (Wildman–Crippen LogP) is 4.50. The van der Waals surface area contributed by atoms with Crippen LogP contribution in [0, 0.1) is 0 Å². The summed E-state index contributed by atoms with van der Waals surface area (Å²) in [6.45, 7) is 0.219. The van der Waals surface area contributed by atoms with Gasteiger partial charge >= 0.3 is 0 Å². The normalized spacial score (nSPS) is 11.2. The summed E-state index contributed by atoms with van der Waals surface area (Å²) in [6, 6.07) is 14.8. The van der Waals surface area contributed by atoms with Crippen molar-refractivity contribution in [1.29, 1.82) is 0 Å². The smallest absolute Gasteiger partial charge is 0.251 e. The number of hydrogen-bond acceptors (Lipinski definition) is 5. The second-order valence-corrected chi connectivity index (χ2v) is 8.14. The molecule has 1 N–H and O–H groups in total. The van der Waals surface area contributed by atoms with Gasteiger partial charge in [0.1, 0.15) is 0 Å². The van der Waals surface area contributed by atoms with Crippen LogP contribution in [0.5, 0.6) is 0 Å². The third-order valence-electron chi connectivity index (χ3n) is 5.02. The summed E-state index contributed by atoms with van der Waals surface area (Å²) in [7, 11) is 0. The zero-order chi connectivity index (χ0) is 22.1. The molecule has 0 aliphatic rings. The van der Waals surface area contributed by atoms with Crippen molar-refractivity contribution >= 4 is 45.7 Å². The van der Waals surface area contributed by atoms with Crippen LogP contribution in [0.25, 0.3) is 16.6 Å². The van der Waals surface area contributed by atoms with E-state index in [1.807, 2.05) is 24.3 Å². The maximum absolute atomic E-state index is 12.7. The average Bonchev–Trinajstić information content (AvgIpc) is 3.19. The van der Waals surface area contributed by atoms with Gasteiger partial charge in [0.05, 0.1) is 22.1 Å². The second-order valence-electron chi connectivity index (χ2n) is 7.27. The van der Waals surface area contributed by atoms with E-state index in [1.54, 1.807) is 47.3 Å². The number of pyridine rings is 3. The molecule has 9 heteroatoms. The van der Waals surface area contributed by atoms with E-state index in [1.165, 1.54) is 0 Å². The molecule has 0 atom stereocenters. The third-order valence-corrected chi connectivity index (χ3v) is 5.45. The monoisotopic (exact) mass is 462 g/mol. The quantitative estimate of drug-likeness (QED) is 0.415. The number of fused-ring (bicyclic) bond motifs is 2. The molecule has 0 bridgehead atoms. The van der Waals surface area contributed by atoms with Crippen molar-refractivity contribution in [3.05, 3.63) is 99.8 Å². The van der Waals surface area contributed by atoms with Crippen molar-refractivity contribution in [2.24, 2.45) is 0 Å². The summed E-state index contributed by atoms with van der Waals surface area (Å²) in [6.07, 6.45) is 5.56. The van der Waals surface area contributed by atoms with Gasteiger partial charge in [0.25, 0.3) is 5.91 Å². The molecule has 1 amide bonds. The number of carbonyl (C=O) groups is 1. The third kappa shape index (κ3) is 4.26. The highest BCUT2D eigenvalue weighted by atomic mass is 35.5. The molecule has 0 fully saturated rings. The molecule has 0 radical (unpaired) electrons. The summed E-state index contributed by atoms with van der Waals surface area (Å²) >= 11 is 12.1. The number of benzene rings is 1. The Morgan fingerprint density at radius 1 is 0.969 bits per heavy atom. The molecule has 1 aromatic carbocycles. The van der Waals surface area contributed by atoms with E-state index in [-0.39, 0.29) is 12.5 Å². The number of nitrogens with zero attached hydrogens (tertiary/aromatic N) is 5. The molecule has 7 nitrogen and oxygen atoms in total. The molecular formula is C23H16Cl2N6O. The van der Waals surface area contributed by atoms with Gasteiger partial charge in [-0.3, -0.25) is 19.2 Å². The van der Waals surface area contributed by atoms with Crippen molar-refractivity contribution in [2.45, 2.75) is 13.0 Å². The number of carbonyl (C=O) groups excluding carboxylic acids is 1. The Balaban J connectivity index is 1.31. The van der Waals surface area contributed by atoms with Crippen LogP contribution in [0.1, 0.15) is 27.4 Å². The van der Waals surface area contributed by atoms with E-state index in [0.717, 1.165) is 22.2 Å². The van der Waals surface area contributed by atoms with Crippen molar-refractivity contribution in [2.75, 3.05) is 0 Å². The van der Waals surface area contributed by atoms with Crippen LogP contribution >= 0.6 is 23.2 Å². The Kier molecular flexibility index (Phi) is 5.43. The van der Waals surface area contributed by atoms with E-state index in [4.69, 9.17) is 23.2 Å². The van der Waals surface area contributed by atoms with E-state index < -0.39 is 0 Å². The number of amides is 1. The van der Waals surface area contributed by atoms with Gasteiger partial charge in [-0.25, -0.2) is 0 Å². The molecule has 0 aliphatic heterocycles. The summed E-state index contributed by atoms with van der Waals surface area (Å²) in [4.78, 5) is 21.4. The molecule has 5 rings (SSSR count). The standard InChI is InChI=1S/C23H16Cl2N6O/c24-17-2-4-21-29-30-22(31(21)13-17)12-28-23(32)15-5-6-26-19(10-15)8-14-1-3-20-16(7-14)9-18(25)11-27-20/h1-7,9-11,13H,8,12H2,(H,28,32). The van der Waals surface area contributed by atoms with E-state index >= 15 is 0 Å². The molecule has 0 aliphatic carbocycles. The summed E-state index contributed by atoms with van der Waals surface area (Å²) in [5.74, 6) is 0.371. The predicted molar refractivity (Wildman–Crippen MR) is 123 cm³/mol. The summed E-state index contributed by atoms with van der Waals surface area (Å²) < 4.78 is 1.75. The summed E-state index contributed by atoms with van der Waals surface area (Å²) in [5.41, 5.74) is 3.90. The fourth-order valence-corrected chi connectivity index (χ4v) is 3.81. The fourth-order valence-electron chi connectivity index (χ4n) is 3.48. The maximum atomic E-state index is 12.7. The topological polar surface area (TPSA) is 85.1 Å². The van der Waals surface area contributed by atoms with Crippen LogP contribution in [0.2, 0.25) is 10.0 Å². The van der Waals surface area contributed by atoms with Gasteiger partial charge < -0.3 is 5.32 Å². The first-order valence-corrected chi connectivity index (χ1v) is 10.6. The molecule has 0 saturated carbocycles. The second kappa shape index (κ2) is 8.53. The lowest BCUT2D eigenvalue weighted by Crippen LogP contribution is -2.24. The van der Waals surface area contributed by atoms with Crippen molar-refractivity contribution in [1.82, 2.24) is 29.9 Å². The van der Waals surface area contributed by atoms with E-state index in [9.17, 15) is 4.79 Å². The van der Waals surface area contributed by atoms with Crippen molar-refractivity contribution in [3.8, 4) is 0 Å². The van der Waals surface area contributed by atoms with Gasteiger partial charge in [0, 0.05) is 41.7 Å². The van der Waals surface area contributed by atoms with Crippen LogP contribution < -0.4 is 5.32 Å². The van der Waals surface area contributed by atoms with Crippen LogP contribution in [-0.2, 0) is 13.0 Å². The fraction of sp³-hybridized carbons (Fsp3) is 0.0870. The van der Waals surface area contributed by atoms with E-state index in [2.05, 4.69) is 25.5 Å². The Hall–Kier alpha value is -3.55. The molecule has 158 valence electrons. The van der Waals surface area contributed by atoms with Gasteiger partial charge in [-0.2, -0.15) is 0 Å². The lowest BCUT2D eigenvalue weighted by atomic mass is 10.0. The van der Waals surface area contributed by atoms with Crippen molar-refractivity contribution < 1.29 is 4.79 Å². The number of nitrogens with one attached hydrogen (secondary N) is 1. The highest BCUT2D eigenvalue weighted by Gasteiger charge is 2.11. The molecule has 4 heterocycles. The van der Waals surface area contributed by atoms with Crippen LogP contribution in [0.3, 0.4) is 0 Å². The lowest BCUT2D eigenvalue weighted by molar-refractivity contribution is 0.0949. The minimum atomic E-state index is -0.220. The maximum Gasteiger partial charge on any atom is 0.251 e. The number of aromatic nitrogens is 5. The molecular weight excluding hydrogens is 447 g/mol. The summed E-state index contributed by atoms with van der Waals surface area (Å²) in [5, 5.41) is 13.2. The van der Waals surface area contributed by atoms with Gasteiger partial charge in [-0.15, -0.1) is 10.2 Å². The molecule has 0 spiro atoms. The molecule has 0 saturated heterocycles. The van der Waals surface area contributed by atoms with Gasteiger partial charge in [-0.1, -0.05) is 29.3 Å². The Morgan fingerprint density at radius 3 is 2.78 bits per heavy atom. The number of rotatable bonds is 5. The van der Waals surface area contributed by atoms with Crippen LogP contribution in [0.15, 0.2) is 67.1 Å². The minimum absolute atomic E-state index is 0.219. The Bertz CT molecular complexity index is 1470. The molecule has 5 aromatic rings. The number of halogens is 2. The van der Waals surface area contributed by atoms with E-state index in [0.29, 0.717) is 33.5 Å². The zero-order valence-corrected chi connectivity index (χ0v) is 18.2. The van der Waals surface area contributed by atoms with Crippen molar-refractivity contribution in [3.63, 3.8) is 0 Å². The van der Waals surface area contributed by atoms with Gasteiger partial charge in [0.15, 0.2) is 11.5 Å². The first kappa shape index (κ1) is 20.4. The highest BCUT2D eigenvalue weighted by Crippen LogP contribution is 2.20. The SMILES string of the molecule is O=C(NCc1nnc2ccc(Cl)cn12)c1ccnc(Cc2ccc3ncc(Cl)cc3c2)c1. The molecule has 4 aromatic heterocycles. The van der Waals surface area contributed by atoms with Crippen LogP contribution in [-0.4, -0.2) is 30.5 Å². The number of hydrogen-bond donors (Lipinski definition) is 1. The van der Waals surface area contributed by atoms with Gasteiger partial charge in [-0.05, 0) is 48.0 Å². The highest BCUT2D eigenvalue weighted by molar-refractivity contribution is 6.31. The first-order valence-electron chi connectivity index (χ1n) is 9.82. The van der Waals surface area contributed by atoms with Gasteiger partial charge in [0.2, 0.25) is 0 Å². The Labute approximate surface area is 193 Å².